The predicted octanol–water partition coefficient (Wildman–Crippen LogP) is 3.03. The number of aliphatic hydroxyl groups is 1. The molecule has 0 atom stereocenters. The van der Waals surface area contributed by atoms with E-state index in [0.29, 0.717) is 22.5 Å². The first-order chi connectivity index (χ1) is 13.1. The summed E-state index contributed by atoms with van der Waals surface area (Å²) < 4.78 is 5.33. The van der Waals surface area contributed by atoms with Gasteiger partial charge in [0.2, 0.25) is 0 Å². The summed E-state index contributed by atoms with van der Waals surface area (Å²) in [5.74, 6) is -0.545. The number of nitrogens with one attached hydrogen (secondary N) is 1. The Hall–Kier alpha value is -2.67. The highest BCUT2D eigenvalue weighted by Crippen LogP contribution is 2.29. The summed E-state index contributed by atoms with van der Waals surface area (Å²) >= 11 is 5.85. The first kappa shape index (κ1) is 19.1. The molecule has 0 saturated heterocycles. The standard InChI is InChI=1S/C20H19ClN2O4/c21-15-6-4-13(5-7-15)10-23-20(26)17-11-22-18-14(12-27-9-8-24)2-1-3-16(18)19(17)25/h1-7,11,24H,8-10,12H2,(H,22,25)(H,23,26). The van der Waals surface area contributed by atoms with Crippen molar-refractivity contribution in [2.24, 2.45) is 0 Å². The lowest BCUT2D eigenvalue weighted by Crippen LogP contribution is -2.23. The van der Waals surface area contributed by atoms with Gasteiger partial charge in [0.1, 0.15) is 11.3 Å². The van der Waals surface area contributed by atoms with Crippen LogP contribution in [0.1, 0.15) is 21.5 Å². The fourth-order valence-electron chi connectivity index (χ4n) is 2.68. The number of aromatic nitrogens is 1. The molecule has 0 spiro atoms. The molecular formula is C20H19ClN2O4. The van der Waals surface area contributed by atoms with Crippen LogP contribution in [0.15, 0.2) is 48.7 Å². The van der Waals surface area contributed by atoms with Crippen LogP contribution >= 0.6 is 11.6 Å². The van der Waals surface area contributed by atoms with Crippen molar-refractivity contribution in [2.45, 2.75) is 13.2 Å². The van der Waals surface area contributed by atoms with Crippen LogP contribution in [0.4, 0.5) is 0 Å². The number of pyridine rings is 1. The molecule has 140 valence electrons. The van der Waals surface area contributed by atoms with E-state index in [0.717, 1.165) is 11.1 Å². The average Bonchev–Trinajstić information content (AvgIpc) is 2.68. The van der Waals surface area contributed by atoms with Crippen molar-refractivity contribution >= 4 is 28.4 Å². The average molecular weight is 387 g/mol. The highest BCUT2D eigenvalue weighted by molar-refractivity contribution is 6.30. The van der Waals surface area contributed by atoms with Crippen LogP contribution in [0.5, 0.6) is 5.75 Å². The molecule has 3 rings (SSSR count). The van der Waals surface area contributed by atoms with Gasteiger partial charge in [-0.3, -0.25) is 9.78 Å². The van der Waals surface area contributed by atoms with Gasteiger partial charge < -0.3 is 20.3 Å². The van der Waals surface area contributed by atoms with E-state index in [1.807, 2.05) is 18.2 Å². The number of hydrogen-bond donors (Lipinski definition) is 3. The normalized spacial score (nSPS) is 10.9. The van der Waals surface area contributed by atoms with E-state index in [1.165, 1.54) is 6.20 Å². The number of hydrogen-bond acceptors (Lipinski definition) is 5. The van der Waals surface area contributed by atoms with Gasteiger partial charge in [-0.1, -0.05) is 35.9 Å². The molecule has 0 aliphatic heterocycles. The van der Waals surface area contributed by atoms with Crippen LogP contribution in [-0.4, -0.2) is 34.3 Å². The van der Waals surface area contributed by atoms with E-state index >= 15 is 0 Å². The number of halogens is 1. The molecule has 0 aliphatic rings. The first-order valence-corrected chi connectivity index (χ1v) is 8.78. The van der Waals surface area contributed by atoms with Crippen molar-refractivity contribution in [1.29, 1.82) is 0 Å². The minimum atomic E-state index is -0.418. The molecule has 0 fully saturated rings. The maximum atomic E-state index is 12.5. The Morgan fingerprint density at radius 1 is 1.19 bits per heavy atom. The van der Waals surface area contributed by atoms with Gasteiger partial charge in [0.15, 0.2) is 0 Å². The van der Waals surface area contributed by atoms with Gasteiger partial charge >= 0.3 is 0 Å². The zero-order chi connectivity index (χ0) is 19.2. The zero-order valence-corrected chi connectivity index (χ0v) is 15.2. The molecule has 7 heteroatoms. The Morgan fingerprint density at radius 3 is 2.70 bits per heavy atom. The topological polar surface area (TPSA) is 91.7 Å². The van der Waals surface area contributed by atoms with E-state index in [-0.39, 0.29) is 31.1 Å². The third-order valence-electron chi connectivity index (χ3n) is 4.06. The first-order valence-electron chi connectivity index (χ1n) is 8.41. The van der Waals surface area contributed by atoms with Gasteiger partial charge in [0.25, 0.3) is 5.91 Å². The van der Waals surface area contributed by atoms with Gasteiger partial charge in [0.05, 0.1) is 25.3 Å². The van der Waals surface area contributed by atoms with Crippen LogP contribution in [0.2, 0.25) is 5.02 Å². The van der Waals surface area contributed by atoms with Gasteiger partial charge in [-0.25, -0.2) is 0 Å². The number of ether oxygens (including phenoxy) is 1. The molecule has 2 aromatic carbocycles. The molecular weight excluding hydrogens is 368 g/mol. The third kappa shape index (κ3) is 4.54. The summed E-state index contributed by atoms with van der Waals surface area (Å²) in [5, 5.41) is 23.2. The highest BCUT2D eigenvalue weighted by Gasteiger charge is 2.16. The van der Waals surface area contributed by atoms with E-state index in [2.05, 4.69) is 10.3 Å². The van der Waals surface area contributed by atoms with Gasteiger partial charge in [-0.15, -0.1) is 0 Å². The Bertz CT molecular complexity index is 945. The number of amides is 1. The van der Waals surface area contributed by atoms with Crippen molar-refractivity contribution in [3.63, 3.8) is 0 Å². The fourth-order valence-corrected chi connectivity index (χ4v) is 2.81. The zero-order valence-electron chi connectivity index (χ0n) is 14.5. The second kappa shape index (κ2) is 8.81. The van der Waals surface area contributed by atoms with Gasteiger partial charge in [-0.2, -0.15) is 0 Å². The Labute approximate surface area is 161 Å². The molecule has 1 aromatic heterocycles. The fraction of sp³-hybridized carbons (Fsp3) is 0.200. The lowest BCUT2D eigenvalue weighted by molar-refractivity contribution is 0.0821. The summed E-state index contributed by atoms with van der Waals surface area (Å²) in [7, 11) is 0. The molecule has 0 aliphatic carbocycles. The number of aliphatic hydroxyl groups excluding tert-OH is 1. The van der Waals surface area contributed by atoms with Gasteiger partial charge in [0, 0.05) is 28.7 Å². The summed E-state index contributed by atoms with van der Waals surface area (Å²) in [6, 6.07) is 12.4. The number of carbonyl (C=O) groups excluding carboxylic acids is 1. The number of carbonyl (C=O) groups is 1. The van der Waals surface area contributed by atoms with Crippen molar-refractivity contribution in [1.82, 2.24) is 10.3 Å². The monoisotopic (exact) mass is 386 g/mol. The second-order valence-corrected chi connectivity index (χ2v) is 6.36. The number of benzene rings is 2. The number of rotatable bonds is 7. The van der Waals surface area contributed by atoms with E-state index < -0.39 is 5.91 Å². The molecule has 3 N–H and O–H groups in total. The van der Waals surface area contributed by atoms with Crippen molar-refractivity contribution < 1.29 is 19.7 Å². The van der Waals surface area contributed by atoms with Crippen LogP contribution in [0.25, 0.3) is 10.9 Å². The van der Waals surface area contributed by atoms with Crippen molar-refractivity contribution in [3.8, 4) is 5.75 Å². The Kier molecular flexibility index (Phi) is 6.24. The quantitative estimate of drug-likeness (QED) is 0.543. The van der Waals surface area contributed by atoms with E-state index in [4.69, 9.17) is 21.4 Å². The largest absolute Gasteiger partial charge is 0.506 e. The molecule has 1 amide bonds. The summed E-state index contributed by atoms with van der Waals surface area (Å²) in [4.78, 5) is 16.8. The van der Waals surface area contributed by atoms with E-state index in [1.54, 1.807) is 24.3 Å². The number of aromatic hydroxyl groups is 1. The van der Waals surface area contributed by atoms with E-state index in [9.17, 15) is 9.90 Å². The van der Waals surface area contributed by atoms with Crippen molar-refractivity contribution in [2.75, 3.05) is 13.2 Å². The maximum Gasteiger partial charge on any atom is 0.256 e. The molecule has 0 radical (unpaired) electrons. The minimum absolute atomic E-state index is 0.0681. The molecule has 0 bridgehead atoms. The number of fused-ring (bicyclic) bond motifs is 1. The van der Waals surface area contributed by atoms with Crippen LogP contribution in [0.3, 0.4) is 0 Å². The summed E-state index contributed by atoms with van der Waals surface area (Å²) in [5.41, 5.74) is 2.32. The minimum Gasteiger partial charge on any atom is -0.506 e. The number of nitrogens with zero attached hydrogens (tertiary/aromatic N) is 1. The third-order valence-corrected chi connectivity index (χ3v) is 4.31. The molecule has 1 heterocycles. The maximum absolute atomic E-state index is 12.5. The van der Waals surface area contributed by atoms with Crippen LogP contribution in [-0.2, 0) is 17.9 Å². The summed E-state index contributed by atoms with van der Waals surface area (Å²) in [6.07, 6.45) is 1.35. The highest BCUT2D eigenvalue weighted by atomic mass is 35.5. The smallest absolute Gasteiger partial charge is 0.256 e. The molecule has 0 unspecified atom stereocenters. The molecule has 27 heavy (non-hydrogen) atoms. The number of para-hydroxylation sites is 1. The van der Waals surface area contributed by atoms with Crippen LogP contribution in [0, 0.1) is 0 Å². The Balaban J connectivity index is 1.79. The lowest BCUT2D eigenvalue weighted by atomic mass is 10.1. The SMILES string of the molecule is O=C(NCc1ccc(Cl)cc1)c1cnc2c(COCCO)cccc2c1O. The predicted molar refractivity (Wildman–Crippen MR) is 103 cm³/mol. The molecule has 3 aromatic rings. The summed E-state index contributed by atoms with van der Waals surface area (Å²) in [6.45, 7) is 0.712. The van der Waals surface area contributed by atoms with Crippen molar-refractivity contribution in [3.05, 3.63) is 70.4 Å². The van der Waals surface area contributed by atoms with Gasteiger partial charge in [-0.05, 0) is 23.8 Å². The lowest BCUT2D eigenvalue weighted by Gasteiger charge is -2.11. The Morgan fingerprint density at radius 2 is 1.96 bits per heavy atom. The molecule has 0 saturated carbocycles. The van der Waals surface area contributed by atoms with Crippen LogP contribution < -0.4 is 5.32 Å². The molecule has 6 nitrogen and oxygen atoms in total. The second-order valence-electron chi connectivity index (χ2n) is 5.92.